The smallest absolute Gasteiger partial charge is 0.242 e. The molecule has 0 aliphatic rings. The number of nitrogens with zero attached hydrogens (tertiary/aromatic N) is 4. The fourth-order valence-electron chi connectivity index (χ4n) is 2.18. The van der Waals surface area contributed by atoms with Gasteiger partial charge in [-0.3, -0.25) is 0 Å². The van der Waals surface area contributed by atoms with E-state index >= 15 is 0 Å². The topological polar surface area (TPSA) is 108 Å². The van der Waals surface area contributed by atoms with Crippen molar-refractivity contribution in [2.45, 2.75) is 37.9 Å². The van der Waals surface area contributed by atoms with Gasteiger partial charge in [-0.25, -0.2) is 13.1 Å². The Kier molecular flexibility index (Phi) is 4.45. The van der Waals surface area contributed by atoms with Crippen molar-refractivity contribution in [2.24, 2.45) is 12.8 Å². The van der Waals surface area contributed by atoms with E-state index in [-0.39, 0.29) is 4.90 Å². The molecule has 0 fully saturated rings. The van der Waals surface area contributed by atoms with E-state index in [4.69, 9.17) is 5.73 Å². The van der Waals surface area contributed by atoms with Crippen LogP contribution in [0.5, 0.6) is 0 Å². The van der Waals surface area contributed by atoms with Gasteiger partial charge < -0.3 is 14.9 Å². The summed E-state index contributed by atoms with van der Waals surface area (Å²) in [5, 5.41) is 7.66. The maximum absolute atomic E-state index is 12.4. The van der Waals surface area contributed by atoms with Crippen molar-refractivity contribution in [3.05, 3.63) is 30.1 Å². The predicted octanol–water partition coefficient (Wildman–Crippen LogP) is 0.135. The molecule has 0 saturated heterocycles. The van der Waals surface area contributed by atoms with Gasteiger partial charge in [0.05, 0.1) is 10.9 Å². The summed E-state index contributed by atoms with van der Waals surface area (Å²) in [7, 11) is -1.87. The SMILES string of the molecule is CCn1cc(S(=O)(=O)NC(C)c2nncn2C)cc1CN. The molecule has 2 rings (SSSR count). The lowest BCUT2D eigenvalue weighted by Gasteiger charge is -2.12. The molecule has 0 spiro atoms. The molecule has 2 aromatic heterocycles. The molecule has 0 saturated carbocycles. The van der Waals surface area contributed by atoms with E-state index in [2.05, 4.69) is 14.9 Å². The van der Waals surface area contributed by atoms with Crippen LogP contribution in [-0.4, -0.2) is 27.7 Å². The Morgan fingerprint density at radius 2 is 2.19 bits per heavy atom. The summed E-state index contributed by atoms with van der Waals surface area (Å²) in [5.74, 6) is 0.549. The summed E-state index contributed by atoms with van der Waals surface area (Å²) in [6.45, 7) is 4.62. The second-order valence-electron chi connectivity index (χ2n) is 4.80. The highest BCUT2D eigenvalue weighted by Crippen LogP contribution is 2.17. The highest BCUT2D eigenvalue weighted by molar-refractivity contribution is 7.89. The van der Waals surface area contributed by atoms with Crippen molar-refractivity contribution >= 4 is 10.0 Å². The van der Waals surface area contributed by atoms with Crippen LogP contribution >= 0.6 is 0 Å². The molecule has 0 aliphatic carbocycles. The maximum Gasteiger partial charge on any atom is 0.242 e. The number of nitrogens with two attached hydrogens (primary N) is 1. The second-order valence-corrected chi connectivity index (χ2v) is 6.51. The minimum Gasteiger partial charge on any atom is -0.349 e. The summed E-state index contributed by atoms with van der Waals surface area (Å²) in [5.41, 5.74) is 6.41. The van der Waals surface area contributed by atoms with Crippen molar-refractivity contribution in [1.82, 2.24) is 24.1 Å². The molecule has 3 N–H and O–H groups in total. The summed E-state index contributed by atoms with van der Waals surface area (Å²) >= 11 is 0. The van der Waals surface area contributed by atoms with E-state index in [1.165, 1.54) is 6.33 Å². The first-order chi connectivity index (χ1) is 9.89. The minimum absolute atomic E-state index is 0.207. The van der Waals surface area contributed by atoms with Crippen molar-refractivity contribution in [2.75, 3.05) is 0 Å². The average molecular weight is 312 g/mol. The summed E-state index contributed by atoms with van der Waals surface area (Å²) in [6, 6.07) is 1.11. The molecule has 9 heteroatoms. The molecule has 1 atom stereocenters. The zero-order valence-electron chi connectivity index (χ0n) is 12.3. The normalized spacial score (nSPS) is 13.5. The minimum atomic E-state index is -3.63. The predicted molar refractivity (Wildman–Crippen MR) is 77.7 cm³/mol. The van der Waals surface area contributed by atoms with Gasteiger partial charge in [0.1, 0.15) is 12.2 Å². The largest absolute Gasteiger partial charge is 0.349 e. The highest BCUT2D eigenvalue weighted by Gasteiger charge is 2.23. The van der Waals surface area contributed by atoms with Crippen molar-refractivity contribution < 1.29 is 8.42 Å². The van der Waals surface area contributed by atoms with Crippen molar-refractivity contribution in [3.63, 3.8) is 0 Å². The van der Waals surface area contributed by atoms with E-state index in [9.17, 15) is 8.42 Å². The first-order valence-corrected chi connectivity index (χ1v) is 8.12. The number of rotatable bonds is 6. The van der Waals surface area contributed by atoms with Crippen LogP contribution < -0.4 is 10.5 Å². The van der Waals surface area contributed by atoms with Crippen LogP contribution in [0, 0.1) is 0 Å². The third-order valence-corrected chi connectivity index (χ3v) is 4.79. The van der Waals surface area contributed by atoms with Crippen LogP contribution in [-0.2, 0) is 30.2 Å². The van der Waals surface area contributed by atoms with Crippen LogP contribution in [0.25, 0.3) is 0 Å². The molecule has 2 aromatic rings. The third kappa shape index (κ3) is 3.14. The number of nitrogens with one attached hydrogen (secondary N) is 1. The van der Waals surface area contributed by atoms with Gasteiger partial charge in [0, 0.05) is 32.0 Å². The van der Waals surface area contributed by atoms with Crippen LogP contribution in [0.3, 0.4) is 0 Å². The van der Waals surface area contributed by atoms with Crippen molar-refractivity contribution in [1.29, 1.82) is 0 Å². The molecule has 2 heterocycles. The van der Waals surface area contributed by atoms with Gasteiger partial charge in [0.15, 0.2) is 0 Å². The summed E-state index contributed by atoms with van der Waals surface area (Å²) < 4.78 is 30.9. The molecular formula is C12H20N6O2S. The zero-order chi connectivity index (χ0) is 15.6. The number of aromatic nitrogens is 4. The molecule has 0 aromatic carbocycles. The fourth-order valence-corrected chi connectivity index (χ4v) is 3.44. The Morgan fingerprint density at radius 3 is 2.67 bits per heavy atom. The Hall–Kier alpha value is -1.71. The average Bonchev–Trinajstić information content (AvgIpc) is 3.03. The molecule has 0 amide bonds. The first-order valence-electron chi connectivity index (χ1n) is 6.64. The Bertz CT molecular complexity index is 696. The number of hydrogen-bond acceptors (Lipinski definition) is 5. The molecule has 8 nitrogen and oxygen atoms in total. The Labute approximate surface area is 124 Å². The van der Waals surface area contributed by atoms with Gasteiger partial charge in [-0.1, -0.05) is 0 Å². The van der Waals surface area contributed by atoms with Crippen LogP contribution in [0.2, 0.25) is 0 Å². The second kappa shape index (κ2) is 5.96. The lowest BCUT2D eigenvalue weighted by atomic mass is 10.3. The van der Waals surface area contributed by atoms with Gasteiger partial charge in [-0.2, -0.15) is 0 Å². The first kappa shape index (κ1) is 15.7. The van der Waals surface area contributed by atoms with Crippen LogP contribution in [0.15, 0.2) is 23.5 Å². The summed E-state index contributed by atoms with van der Waals surface area (Å²) in [6.07, 6.45) is 3.12. The van der Waals surface area contributed by atoms with E-state index in [1.807, 2.05) is 11.5 Å². The molecule has 21 heavy (non-hydrogen) atoms. The molecule has 116 valence electrons. The van der Waals surface area contributed by atoms with E-state index in [0.717, 1.165) is 5.69 Å². The zero-order valence-corrected chi connectivity index (χ0v) is 13.1. The standard InChI is InChI=1S/C12H20N6O2S/c1-4-18-7-11(5-10(18)6-13)21(19,20)16-9(2)12-15-14-8-17(12)3/h5,7-9,16H,4,6,13H2,1-3H3. The van der Waals surface area contributed by atoms with Crippen LogP contribution in [0.1, 0.15) is 31.4 Å². The molecule has 0 aliphatic heterocycles. The maximum atomic E-state index is 12.4. The lowest BCUT2D eigenvalue weighted by Crippen LogP contribution is -2.28. The van der Waals surface area contributed by atoms with Gasteiger partial charge in [-0.05, 0) is 19.9 Å². The van der Waals surface area contributed by atoms with Gasteiger partial charge in [-0.15, -0.1) is 10.2 Å². The molecular weight excluding hydrogens is 292 g/mol. The van der Waals surface area contributed by atoms with E-state index < -0.39 is 16.1 Å². The van der Waals surface area contributed by atoms with Crippen molar-refractivity contribution in [3.8, 4) is 0 Å². The Balaban J connectivity index is 2.26. The van der Waals surface area contributed by atoms with Gasteiger partial charge in [0.25, 0.3) is 0 Å². The molecule has 0 radical (unpaired) electrons. The van der Waals surface area contributed by atoms with Gasteiger partial charge >= 0.3 is 0 Å². The number of sulfonamides is 1. The molecule has 1 unspecified atom stereocenters. The number of aryl methyl sites for hydroxylation is 2. The monoisotopic (exact) mass is 312 g/mol. The lowest BCUT2D eigenvalue weighted by molar-refractivity contribution is 0.553. The Morgan fingerprint density at radius 1 is 1.48 bits per heavy atom. The number of hydrogen-bond donors (Lipinski definition) is 2. The van der Waals surface area contributed by atoms with Crippen LogP contribution in [0.4, 0.5) is 0 Å². The third-order valence-electron chi connectivity index (χ3n) is 3.29. The quantitative estimate of drug-likeness (QED) is 0.788. The fraction of sp³-hybridized carbons (Fsp3) is 0.500. The summed E-state index contributed by atoms with van der Waals surface area (Å²) in [4.78, 5) is 0.207. The van der Waals surface area contributed by atoms with E-state index in [0.29, 0.717) is 18.9 Å². The molecule has 0 bridgehead atoms. The van der Waals surface area contributed by atoms with Gasteiger partial charge in [0.2, 0.25) is 10.0 Å². The highest BCUT2D eigenvalue weighted by atomic mass is 32.2. The van der Waals surface area contributed by atoms with E-state index in [1.54, 1.807) is 30.8 Å².